The van der Waals surface area contributed by atoms with Crippen molar-refractivity contribution < 1.29 is 0 Å². The molecule has 0 saturated heterocycles. The Kier molecular flexibility index (Phi) is 4.50. The second kappa shape index (κ2) is 4.88. The Balaban J connectivity index is 4.01. The van der Waals surface area contributed by atoms with Crippen molar-refractivity contribution in [2.75, 3.05) is 14.1 Å². The zero-order chi connectivity index (χ0) is 8.85. The van der Waals surface area contributed by atoms with Gasteiger partial charge in [-0.25, -0.2) is 0 Å². The molecule has 0 heterocycles. The minimum Gasteiger partial charge on any atom is -0.255 e. The van der Waals surface area contributed by atoms with Crippen molar-refractivity contribution in [3.05, 3.63) is 12.3 Å². The van der Waals surface area contributed by atoms with Crippen LogP contribution in [0.4, 0.5) is 0 Å². The third kappa shape index (κ3) is 3.16. The van der Waals surface area contributed by atoms with Crippen molar-refractivity contribution in [2.45, 2.75) is 20.3 Å². The summed E-state index contributed by atoms with van der Waals surface area (Å²) in [7, 11) is 3.52. The van der Waals surface area contributed by atoms with Gasteiger partial charge in [0, 0.05) is 12.7 Å². The first-order valence-corrected chi connectivity index (χ1v) is 3.85. The van der Waals surface area contributed by atoms with Gasteiger partial charge >= 0.3 is 0 Å². The molecule has 0 aliphatic rings. The molecule has 0 aliphatic carbocycles. The van der Waals surface area contributed by atoms with Crippen LogP contribution >= 0.6 is 0 Å². The maximum absolute atomic E-state index is 3.92. The lowest BCUT2D eigenvalue weighted by atomic mass is 10.1. The predicted octanol–water partition coefficient (Wildman–Crippen LogP) is 2.48. The summed E-state index contributed by atoms with van der Waals surface area (Å²) in [6.07, 6.45) is 1.09. The molecule has 0 amide bonds. The third-order valence-corrected chi connectivity index (χ3v) is 1.82. The molecule has 0 spiro atoms. The average Bonchev–Trinajstić information content (AvgIpc) is 2.02. The summed E-state index contributed by atoms with van der Waals surface area (Å²) in [5.74, 6) is 0.477. The third-order valence-electron chi connectivity index (χ3n) is 1.82. The van der Waals surface area contributed by atoms with Gasteiger partial charge in [0.15, 0.2) is 0 Å². The Morgan fingerprint density at radius 3 is 2.55 bits per heavy atom. The Labute approximate surface area is 68.8 Å². The second-order valence-electron chi connectivity index (χ2n) is 2.61. The van der Waals surface area contributed by atoms with E-state index in [9.17, 15) is 0 Å². The van der Waals surface area contributed by atoms with E-state index in [0.717, 1.165) is 12.1 Å². The number of hydrogen-bond donors (Lipinski definition) is 0. The van der Waals surface area contributed by atoms with Gasteiger partial charge in [0.05, 0.1) is 7.05 Å². The molecule has 0 aromatic rings. The number of hydrogen-bond acceptors (Lipinski definition) is 2. The zero-order valence-corrected chi connectivity index (χ0v) is 7.83. The van der Waals surface area contributed by atoms with Crippen LogP contribution in [0.5, 0.6) is 0 Å². The number of nitrogens with zero attached hydrogens (tertiary/aromatic N) is 3. The molecule has 0 aliphatic heterocycles. The Morgan fingerprint density at radius 1 is 1.64 bits per heavy atom. The van der Waals surface area contributed by atoms with E-state index in [1.807, 2.05) is 7.05 Å². The van der Waals surface area contributed by atoms with Gasteiger partial charge in [-0.2, -0.15) is 5.11 Å². The van der Waals surface area contributed by atoms with Gasteiger partial charge in [0.2, 0.25) is 0 Å². The molecule has 1 unspecified atom stereocenters. The minimum absolute atomic E-state index is 0.477. The highest BCUT2D eigenvalue weighted by atomic mass is 15.5. The lowest BCUT2D eigenvalue weighted by molar-refractivity contribution is 0.359. The molecular weight excluding hydrogens is 138 g/mol. The highest BCUT2D eigenvalue weighted by molar-refractivity contribution is 4.94. The van der Waals surface area contributed by atoms with E-state index in [-0.39, 0.29) is 0 Å². The molecule has 0 rings (SSSR count). The first-order chi connectivity index (χ1) is 5.13. The van der Waals surface area contributed by atoms with Crippen molar-refractivity contribution in [1.82, 2.24) is 5.01 Å². The molecule has 0 aromatic heterocycles. The van der Waals surface area contributed by atoms with E-state index in [1.54, 1.807) is 12.1 Å². The monoisotopic (exact) mass is 155 g/mol. The highest BCUT2D eigenvalue weighted by Crippen LogP contribution is 2.15. The van der Waals surface area contributed by atoms with Gasteiger partial charge in [-0.15, -0.1) is 0 Å². The van der Waals surface area contributed by atoms with Crippen molar-refractivity contribution in [3.63, 3.8) is 0 Å². The highest BCUT2D eigenvalue weighted by Gasteiger charge is 2.07. The molecular formula is C8H17N3. The van der Waals surface area contributed by atoms with Crippen LogP contribution < -0.4 is 0 Å². The van der Waals surface area contributed by atoms with Crippen molar-refractivity contribution in [3.8, 4) is 0 Å². The largest absolute Gasteiger partial charge is 0.255 e. The van der Waals surface area contributed by atoms with Crippen LogP contribution in [0.25, 0.3) is 0 Å². The van der Waals surface area contributed by atoms with Crippen molar-refractivity contribution in [2.24, 2.45) is 16.3 Å². The van der Waals surface area contributed by atoms with Gasteiger partial charge in [-0.05, 0) is 12.3 Å². The molecule has 64 valence electrons. The SMILES string of the molecule is C=C(C(C)CC)N(C)/N=N\C. The standard InChI is InChI=1S/C8H17N3/c1-6-7(2)8(3)11(5)10-9-4/h7H,3,6H2,1-2,4-5H3/b10-9-. The molecule has 0 radical (unpaired) electrons. The average molecular weight is 155 g/mol. The Morgan fingerprint density at radius 2 is 2.18 bits per heavy atom. The van der Waals surface area contributed by atoms with E-state index < -0.39 is 0 Å². The first-order valence-electron chi connectivity index (χ1n) is 3.85. The van der Waals surface area contributed by atoms with Crippen LogP contribution in [0.3, 0.4) is 0 Å². The minimum atomic E-state index is 0.477. The Hall–Kier alpha value is -0.860. The van der Waals surface area contributed by atoms with Gasteiger partial charge in [-0.3, -0.25) is 5.01 Å². The van der Waals surface area contributed by atoms with E-state index in [4.69, 9.17) is 0 Å². The van der Waals surface area contributed by atoms with Crippen LogP contribution in [0.1, 0.15) is 20.3 Å². The predicted molar refractivity (Wildman–Crippen MR) is 47.1 cm³/mol. The molecule has 0 saturated carbocycles. The maximum Gasteiger partial charge on any atom is 0.0509 e. The van der Waals surface area contributed by atoms with Gasteiger partial charge < -0.3 is 0 Å². The van der Waals surface area contributed by atoms with E-state index in [1.165, 1.54) is 0 Å². The normalized spacial score (nSPS) is 13.5. The lowest BCUT2D eigenvalue weighted by Gasteiger charge is -2.18. The maximum atomic E-state index is 3.92. The smallest absolute Gasteiger partial charge is 0.0509 e. The second-order valence-corrected chi connectivity index (χ2v) is 2.61. The molecule has 0 bridgehead atoms. The van der Waals surface area contributed by atoms with E-state index in [2.05, 4.69) is 30.8 Å². The van der Waals surface area contributed by atoms with Gasteiger partial charge in [-0.1, -0.05) is 25.6 Å². The lowest BCUT2D eigenvalue weighted by Crippen LogP contribution is -2.14. The molecule has 0 N–H and O–H groups in total. The van der Waals surface area contributed by atoms with Crippen LogP contribution in [-0.4, -0.2) is 19.1 Å². The quantitative estimate of drug-likeness (QED) is 0.452. The van der Waals surface area contributed by atoms with Crippen LogP contribution in [0.15, 0.2) is 22.6 Å². The zero-order valence-electron chi connectivity index (χ0n) is 7.83. The summed E-state index contributed by atoms with van der Waals surface area (Å²) in [5, 5.41) is 9.23. The number of allylic oxidation sites excluding steroid dienone is 1. The molecule has 3 nitrogen and oxygen atoms in total. The molecule has 0 fully saturated rings. The molecule has 3 heteroatoms. The summed E-state index contributed by atoms with van der Waals surface area (Å²) in [6.45, 7) is 8.18. The van der Waals surface area contributed by atoms with Crippen LogP contribution in [-0.2, 0) is 0 Å². The fourth-order valence-corrected chi connectivity index (χ4v) is 0.746. The summed E-state index contributed by atoms with van der Waals surface area (Å²) in [5.41, 5.74) is 1.01. The van der Waals surface area contributed by atoms with Crippen LogP contribution in [0.2, 0.25) is 0 Å². The number of rotatable bonds is 4. The first kappa shape index (κ1) is 10.1. The topological polar surface area (TPSA) is 28.0 Å². The molecule has 11 heavy (non-hydrogen) atoms. The summed E-state index contributed by atoms with van der Waals surface area (Å²) in [4.78, 5) is 0. The van der Waals surface area contributed by atoms with Gasteiger partial charge in [0.1, 0.15) is 0 Å². The molecule has 1 atom stereocenters. The fraction of sp³-hybridized carbons (Fsp3) is 0.750. The van der Waals surface area contributed by atoms with E-state index in [0.29, 0.717) is 5.92 Å². The fourth-order valence-electron chi connectivity index (χ4n) is 0.746. The van der Waals surface area contributed by atoms with E-state index >= 15 is 0 Å². The Bertz CT molecular complexity index is 151. The van der Waals surface area contributed by atoms with Crippen LogP contribution in [0, 0.1) is 5.92 Å². The summed E-state index contributed by atoms with van der Waals surface area (Å²) < 4.78 is 0. The summed E-state index contributed by atoms with van der Waals surface area (Å²) in [6, 6.07) is 0. The molecule has 0 aromatic carbocycles. The van der Waals surface area contributed by atoms with Gasteiger partial charge in [0.25, 0.3) is 0 Å². The summed E-state index contributed by atoms with van der Waals surface area (Å²) >= 11 is 0. The van der Waals surface area contributed by atoms with Crippen molar-refractivity contribution >= 4 is 0 Å². The van der Waals surface area contributed by atoms with Crippen molar-refractivity contribution in [1.29, 1.82) is 0 Å².